The molecule has 4 amide bonds. The summed E-state index contributed by atoms with van der Waals surface area (Å²) in [6.07, 6.45) is 6.05. The number of amides is 4. The Labute approximate surface area is 220 Å². The van der Waals surface area contributed by atoms with Crippen LogP contribution in [0, 0.1) is 0 Å². The van der Waals surface area contributed by atoms with Crippen molar-refractivity contribution in [3.05, 3.63) is 59.3 Å². The summed E-state index contributed by atoms with van der Waals surface area (Å²) in [6.45, 7) is 9.97. The number of rotatable bonds is 8. The van der Waals surface area contributed by atoms with Crippen LogP contribution in [0.5, 0.6) is 0 Å². The van der Waals surface area contributed by atoms with E-state index in [2.05, 4.69) is 31.1 Å². The zero-order chi connectivity index (χ0) is 27.4. The van der Waals surface area contributed by atoms with Crippen molar-refractivity contribution in [2.24, 2.45) is 5.73 Å². The minimum Gasteiger partial charge on any atom is -0.351 e. The van der Waals surface area contributed by atoms with Crippen LogP contribution in [-0.2, 0) is 23.2 Å². The highest BCUT2D eigenvalue weighted by Gasteiger charge is 2.36. The van der Waals surface area contributed by atoms with Crippen molar-refractivity contribution in [3.63, 3.8) is 0 Å². The molecule has 1 aromatic heterocycles. The van der Waals surface area contributed by atoms with E-state index >= 15 is 0 Å². The number of aromatic nitrogens is 1. The number of nitrogens with two attached hydrogens (primary N) is 1. The van der Waals surface area contributed by atoms with Crippen LogP contribution in [0.25, 0.3) is 0 Å². The molecule has 8 heteroatoms. The molecule has 37 heavy (non-hydrogen) atoms. The Morgan fingerprint density at radius 1 is 1.00 bits per heavy atom. The van der Waals surface area contributed by atoms with Gasteiger partial charge in [0, 0.05) is 32.3 Å². The third-order valence-corrected chi connectivity index (χ3v) is 7.40. The lowest BCUT2D eigenvalue weighted by atomic mass is 9.85. The van der Waals surface area contributed by atoms with E-state index < -0.39 is 11.6 Å². The standard InChI is InChI=1S/C29H41N5O3/c1-28(2,3)22-13-11-20(12-14-22)17-24(35)29(4,5)34(26(30)36)19-21-15-16-31-25(18-21)32-27(37)33(6)23-9-7-8-10-23/h11-16,18,23H,7-10,17,19H2,1-6H3,(H2,30,36)(H,31,32,37). The number of pyridine rings is 1. The second kappa shape index (κ2) is 11.3. The largest absolute Gasteiger partial charge is 0.351 e. The smallest absolute Gasteiger partial charge is 0.322 e. The van der Waals surface area contributed by atoms with Crippen LogP contribution in [0.1, 0.15) is 77.0 Å². The number of ketones is 1. The maximum Gasteiger partial charge on any atom is 0.322 e. The zero-order valence-corrected chi connectivity index (χ0v) is 23.0. The van der Waals surface area contributed by atoms with Crippen LogP contribution >= 0.6 is 0 Å². The Morgan fingerprint density at radius 3 is 2.19 bits per heavy atom. The monoisotopic (exact) mass is 507 g/mol. The number of carbonyl (C=O) groups excluding carboxylic acids is 3. The Hall–Kier alpha value is -3.42. The van der Waals surface area contributed by atoms with Crippen molar-refractivity contribution < 1.29 is 14.4 Å². The van der Waals surface area contributed by atoms with Crippen molar-refractivity contribution in [1.82, 2.24) is 14.8 Å². The van der Waals surface area contributed by atoms with Gasteiger partial charge in [-0.2, -0.15) is 0 Å². The number of hydrogen-bond donors (Lipinski definition) is 2. The molecular weight excluding hydrogens is 466 g/mol. The van der Waals surface area contributed by atoms with E-state index in [9.17, 15) is 14.4 Å². The number of hydrogen-bond acceptors (Lipinski definition) is 4. The number of anilines is 1. The van der Waals surface area contributed by atoms with Gasteiger partial charge >= 0.3 is 12.1 Å². The summed E-state index contributed by atoms with van der Waals surface area (Å²) in [5.41, 5.74) is 7.42. The zero-order valence-electron chi connectivity index (χ0n) is 23.0. The molecule has 0 spiro atoms. The molecule has 0 atom stereocenters. The molecule has 2 aromatic rings. The minimum absolute atomic E-state index is 0.0271. The van der Waals surface area contributed by atoms with E-state index in [1.165, 1.54) is 10.5 Å². The summed E-state index contributed by atoms with van der Waals surface area (Å²) in [7, 11) is 1.80. The third-order valence-electron chi connectivity index (χ3n) is 7.40. The van der Waals surface area contributed by atoms with Gasteiger partial charge in [0.05, 0.1) is 5.54 Å². The number of benzene rings is 1. The van der Waals surface area contributed by atoms with Crippen molar-refractivity contribution in [1.29, 1.82) is 0 Å². The molecule has 1 fully saturated rings. The molecule has 0 bridgehead atoms. The minimum atomic E-state index is -1.14. The van der Waals surface area contributed by atoms with Crippen molar-refractivity contribution >= 4 is 23.7 Å². The number of primary amides is 1. The van der Waals surface area contributed by atoms with E-state index in [1.807, 2.05) is 24.3 Å². The molecule has 0 aliphatic heterocycles. The lowest BCUT2D eigenvalue weighted by molar-refractivity contribution is -0.127. The summed E-state index contributed by atoms with van der Waals surface area (Å²) >= 11 is 0. The van der Waals surface area contributed by atoms with E-state index in [1.54, 1.807) is 44.1 Å². The first-order valence-corrected chi connectivity index (χ1v) is 13.0. The summed E-state index contributed by atoms with van der Waals surface area (Å²) < 4.78 is 0. The Morgan fingerprint density at radius 2 is 1.62 bits per heavy atom. The predicted molar refractivity (Wildman–Crippen MR) is 146 cm³/mol. The number of Topliss-reactive ketones (excluding diaryl/α,β-unsaturated/α-hetero) is 1. The lowest BCUT2D eigenvalue weighted by Crippen LogP contribution is -2.55. The van der Waals surface area contributed by atoms with Crippen LogP contribution in [0.2, 0.25) is 0 Å². The van der Waals surface area contributed by atoms with Crippen LogP contribution in [-0.4, -0.2) is 51.3 Å². The second-order valence-electron chi connectivity index (χ2n) is 11.6. The van der Waals surface area contributed by atoms with E-state index in [-0.39, 0.29) is 36.2 Å². The van der Waals surface area contributed by atoms with Gasteiger partial charge in [-0.25, -0.2) is 14.6 Å². The summed E-state index contributed by atoms with van der Waals surface area (Å²) in [4.78, 5) is 45.8. The molecule has 1 heterocycles. The van der Waals surface area contributed by atoms with E-state index in [4.69, 9.17) is 5.73 Å². The van der Waals surface area contributed by atoms with Gasteiger partial charge in [0.2, 0.25) is 0 Å². The molecule has 3 rings (SSSR count). The number of carbonyl (C=O) groups is 3. The van der Waals surface area contributed by atoms with Crippen molar-refractivity contribution in [3.8, 4) is 0 Å². The topological polar surface area (TPSA) is 109 Å². The highest BCUT2D eigenvalue weighted by molar-refractivity contribution is 5.93. The highest BCUT2D eigenvalue weighted by atomic mass is 16.2. The van der Waals surface area contributed by atoms with Crippen LogP contribution in [0.15, 0.2) is 42.6 Å². The fraction of sp³-hybridized carbons (Fsp3) is 0.517. The number of nitrogens with one attached hydrogen (secondary N) is 1. The van der Waals surface area contributed by atoms with Gasteiger partial charge in [-0.15, -0.1) is 0 Å². The van der Waals surface area contributed by atoms with Crippen molar-refractivity contribution in [2.75, 3.05) is 12.4 Å². The maximum atomic E-state index is 13.3. The van der Waals surface area contributed by atoms with Gasteiger partial charge in [0.1, 0.15) is 5.82 Å². The molecule has 1 saturated carbocycles. The van der Waals surface area contributed by atoms with Crippen LogP contribution < -0.4 is 11.1 Å². The molecular formula is C29H41N5O3. The molecule has 0 unspecified atom stereocenters. The molecule has 3 N–H and O–H groups in total. The van der Waals surface area contributed by atoms with Crippen molar-refractivity contribution in [2.45, 2.75) is 90.3 Å². The SMILES string of the molecule is CN(C(=O)Nc1cc(CN(C(N)=O)C(C)(C)C(=O)Cc2ccc(C(C)(C)C)cc2)ccn1)C1CCCC1. The first kappa shape index (κ1) is 28.2. The Bertz CT molecular complexity index is 1120. The number of urea groups is 2. The van der Waals surface area contributed by atoms with Crippen LogP contribution in [0.4, 0.5) is 15.4 Å². The molecule has 1 aliphatic carbocycles. The first-order chi connectivity index (χ1) is 17.3. The predicted octanol–water partition coefficient (Wildman–Crippen LogP) is 5.26. The van der Waals surface area contributed by atoms with Gasteiger partial charge in [-0.1, -0.05) is 57.9 Å². The van der Waals surface area contributed by atoms with E-state index in [0.29, 0.717) is 11.4 Å². The van der Waals surface area contributed by atoms with Gasteiger partial charge in [0.15, 0.2) is 5.78 Å². The first-order valence-electron chi connectivity index (χ1n) is 13.0. The fourth-order valence-corrected chi connectivity index (χ4v) is 4.70. The average molecular weight is 508 g/mol. The average Bonchev–Trinajstić information content (AvgIpc) is 3.36. The summed E-state index contributed by atoms with van der Waals surface area (Å²) in [5, 5.41) is 2.84. The van der Waals surface area contributed by atoms with Gasteiger partial charge < -0.3 is 15.5 Å². The Balaban J connectivity index is 1.70. The van der Waals surface area contributed by atoms with Gasteiger partial charge in [0.25, 0.3) is 0 Å². The molecule has 0 saturated heterocycles. The van der Waals surface area contributed by atoms with Gasteiger partial charge in [-0.3, -0.25) is 10.1 Å². The molecule has 200 valence electrons. The Kier molecular flexibility index (Phi) is 8.61. The molecule has 0 radical (unpaired) electrons. The molecule has 1 aromatic carbocycles. The normalized spacial score (nSPS) is 14.3. The molecule has 1 aliphatic rings. The summed E-state index contributed by atoms with van der Waals surface area (Å²) in [6, 6.07) is 10.8. The fourth-order valence-electron chi connectivity index (χ4n) is 4.70. The third kappa shape index (κ3) is 7.08. The van der Waals surface area contributed by atoms with Crippen LogP contribution in [0.3, 0.4) is 0 Å². The molecule has 8 nitrogen and oxygen atoms in total. The number of nitrogens with zero attached hydrogens (tertiary/aromatic N) is 3. The second-order valence-corrected chi connectivity index (χ2v) is 11.6. The van der Waals surface area contributed by atoms with E-state index in [0.717, 1.165) is 31.2 Å². The summed E-state index contributed by atoms with van der Waals surface area (Å²) in [5.74, 6) is 0.274. The lowest BCUT2D eigenvalue weighted by Gasteiger charge is -2.36. The van der Waals surface area contributed by atoms with Gasteiger partial charge in [-0.05, 0) is 60.9 Å². The maximum absolute atomic E-state index is 13.3. The quantitative estimate of drug-likeness (QED) is 0.508. The highest BCUT2D eigenvalue weighted by Crippen LogP contribution is 2.26.